The molecule has 7 nitrogen and oxygen atoms in total. The predicted octanol–water partition coefficient (Wildman–Crippen LogP) is 3.93. The summed E-state index contributed by atoms with van der Waals surface area (Å²) >= 11 is 5.70. The fourth-order valence-electron chi connectivity index (χ4n) is 6.96. The molecule has 0 bridgehead atoms. The summed E-state index contributed by atoms with van der Waals surface area (Å²) in [5, 5.41) is 9.80. The van der Waals surface area contributed by atoms with E-state index < -0.39 is 11.4 Å². The molecule has 9 heteroatoms. The molecule has 0 radical (unpaired) electrons. The molecule has 3 saturated carbocycles. The molecular formula is C27H37ClFN3O4. The quantitative estimate of drug-likeness (QED) is 0.506. The third kappa shape index (κ3) is 5.09. The first-order valence-electron chi connectivity index (χ1n) is 13.4. The molecule has 0 spiro atoms. The highest BCUT2D eigenvalue weighted by atomic mass is 35.5. The van der Waals surface area contributed by atoms with Crippen molar-refractivity contribution in [3.05, 3.63) is 29.0 Å². The molecule has 5 rings (SSSR count). The maximum Gasteiger partial charge on any atom is 0.258 e. The zero-order valence-electron chi connectivity index (χ0n) is 21.0. The van der Waals surface area contributed by atoms with Gasteiger partial charge in [0.05, 0.1) is 10.6 Å². The number of amides is 2. The second kappa shape index (κ2) is 10.5. The zero-order valence-corrected chi connectivity index (χ0v) is 21.8. The molecule has 2 amide bonds. The smallest absolute Gasteiger partial charge is 0.258 e. The van der Waals surface area contributed by atoms with Gasteiger partial charge in [0, 0.05) is 18.2 Å². The Bertz CT molecular complexity index is 990. The zero-order chi connectivity index (χ0) is 25.4. The van der Waals surface area contributed by atoms with Crippen molar-refractivity contribution in [1.29, 1.82) is 0 Å². The summed E-state index contributed by atoms with van der Waals surface area (Å²) in [5.74, 6) is 0.514. The Morgan fingerprint density at radius 2 is 1.83 bits per heavy atom. The van der Waals surface area contributed by atoms with Crippen LogP contribution in [0, 0.1) is 23.6 Å². The molecule has 36 heavy (non-hydrogen) atoms. The molecule has 7 atom stereocenters. The van der Waals surface area contributed by atoms with E-state index in [2.05, 4.69) is 22.9 Å². The van der Waals surface area contributed by atoms with Crippen molar-refractivity contribution in [2.75, 3.05) is 6.61 Å². The van der Waals surface area contributed by atoms with Gasteiger partial charge in [-0.3, -0.25) is 14.9 Å². The van der Waals surface area contributed by atoms with Gasteiger partial charge in [0.2, 0.25) is 5.91 Å². The number of nitrogens with one attached hydrogen (secondary N) is 3. The molecule has 6 unspecified atom stereocenters. The summed E-state index contributed by atoms with van der Waals surface area (Å²) in [6, 6.07) is 3.74. The van der Waals surface area contributed by atoms with Gasteiger partial charge >= 0.3 is 0 Å². The highest BCUT2D eigenvalue weighted by molar-refractivity contribution is 6.30. The number of benzene rings is 1. The van der Waals surface area contributed by atoms with Gasteiger partial charge in [-0.05, 0) is 75.8 Å². The number of hydrogen-bond acceptors (Lipinski definition) is 5. The van der Waals surface area contributed by atoms with E-state index in [1.807, 2.05) is 6.92 Å². The minimum absolute atomic E-state index is 0.00292. The summed E-state index contributed by atoms with van der Waals surface area (Å²) in [4.78, 5) is 26.1. The molecule has 0 aromatic heterocycles. The molecule has 3 N–H and O–H groups in total. The van der Waals surface area contributed by atoms with E-state index in [1.54, 1.807) is 0 Å². The molecule has 198 valence electrons. The van der Waals surface area contributed by atoms with Crippen molar-refractivity contribution in [3.8, 4) is 5.75 Å². The number of fused-ring (bicyclic) bond motifs is 1. The van der Waals surface area contributed by atoms with Crippen LogP contribution in [0.4, 0.5) is 4.39 Å². The van der Waals surface area contributed by atoms with E-state index in [9.17, 15) is 14.0 Å². The topological polar surface area (TPSA) is 88.7 Å². The molecule has 1 aliphatic heterocycles. The summed E-state index contributed by atoms with van der Waals surface area (Å²) in [6.45, 7) is 3.87. The molecule has 4 fully saturated rings. The van der Waals surface area contributed by atoms with E-state index in [0.29, 0.717) is 24.2 Å². The predicted molar refractivity (Wildman–Crippen MR) is 134 cm³/mol. The van der Waals surface area contributed by atoms with Crippen LogP contribution in [0.5, 0.6) is 5.75 Å². The minimum atomic E-state index is -0.586. The lowest BCUT2D eigenvalue weighted by Gasteiger charge is -2.40. The fraction of sp³-hybridized carbons (Fsp3) is 0.704. The lowest BCUT2D eigenvalue weighted by Crippen LogP contribution is -2.58. The second-order valence-corrected chi connectivity index (χ2v) is 11.6. The molecule has 4 aliphatic rings. The number of rotatable bonds is 7. The number of ether oxygens (including phenoxy) is 2. The summed E-state index contributed by atoms with van der Waals surface area (Å²) < 4.78 is 25.4. The van der Waals surface area contributed by atoms with Crippen LogP contribution in [0.2, 0.25) is 5.02 Å². The number of halogens is 2. The average molecular weight is 522 g/mol. The highest BCUT2D eigenvalue weighted by Gasteiger charge is 2.54. The van der Waals surface area contributed by atoms with Crippen molar-refractivity contribution >= 4 is 23.4 Å². The Labute approximate surface area is 217 Å². The first kappa shape index (κ1) is 25.7. The summed E-state index contributed by atoms with van der Waals surface area (Å²) in [6.07, 6.45) is 8.46. The molecule has 1 aromatic rings. The van der Waals surface area contributed by atoms with Gasteiger partial charge in [0.1, 0.15) is 23.8 Å². The van der Waals surface area contributed by atoms with Crippen LogP contribution >= 0.6 is 11.6 Å². The second-order valence-electron chi connectivity index (χ2n) is 11.2. The van der Waals surface area contributed by atoms with E-state index in [1.165, 1.54) is 37.5 Å². The average Bonchev–Trinajstić information content (AvgIpc) is 3.26. The van der Waals surface area contributed by atoms with Gasteiger partial charge in [-0.25, -0.2) is 4.39 Å². The normalized spacial score (nSPS) is 36.1. The van der Waals surface area contributed by atoms with Crippen LogP contribution in [0.3, 0.4) is 0 Å². The largest absolute Gasteiger partial charge is 0.484 e. The molecule has 1 saturated heterocycles. The van der Waals surface area contributed by atoms with Gasteiger partial charge in [-0.1, -0.05) is 30.9 Å². The Morgan fingerprint density at radius 1 is 1.14 bits per heavy atom. The summed E-state index contributed by atoms with van der Waals surface area (Å²) in [5.41, 5.74) is -0.506. The van der Waals surface area contributed by atoms with Crippen molar-refractivity contribution in [1.82, 2.24) is 16.0 Å². The van der Waals surface area contributed by atoms with E-state index in [-0.39, 0.29) is 53.5 Å². The van der Waals surface area contributed by atoms with Crippen LogP contribution in [-0.4, -0.2) is 48.4 Å². The fourth-order valence-corrected chi connectivity index (χ4v) is 7.08. The van der Waals surface area contributed by atoms with Gasteiger partial charge in [-0.2, -0.15) is 0 Å². The lowest BCUT2D eigenvalue weighted by atomic mass is 9.73. The van der Waals surface area contributed by atoms with Crippen LogP contribution in [0.15, 0.2) is 18.2 Å². The maximum atomic E-state index is 13.6. The van der Waals surface area contributed by atoms with Gasteiger partial charge in [-0.15, -0.1) is 0 Å². The first-order valence-corrected chi connectivity index (χ1v) is 13.7. The molecular weight excluding hydrogens is 485 g/mol. The molecule has 3 aliphatic carbocycles. The van der Waals surface area contributed by atoms with Crippen molar-refractivity contribution in [2.45, 2.75) is 95.2 Å². The monoisotopic (exact) mass is 521 g/mol. The van der Waals surface area contributed by atoms with Gasteiger partial charge in [0.25, 0.3) is 5.91 Å². The Hall–Kier alpha value is -1.90. The molecule has 1 aromatic carbocycles. The SMILES string of the molecule is CC1NC(C(=O)NC2C[C@H](NC(=O)COc3ccc(Cl)c(F)c3)C3CCC23)C(C)(C2CCCCC2)O1. The standard InChI is InChI=1S/C27H37ClFN3O4/c1-15-30-25(27(2,36-15)16-6-4-3-5-7-16)26(34)32-23-13-22(18-9-10-19(18)23)31-24(33)14-35-17-8-11-20(28)21(29)12-17/h8,11-12,15-16,18-19,22-23,25,30H,3-7,9-10,13-14H2,1-2H3,(H,31,33)(H,32,34)/t15?,18?,19?,22-,23?,25?,27?/m0/s1. The number of carbonyl (C=O) groups excluding carboxylic acids is 2. The van der Waals surface area contributed by atoms with Crippen molar-refractivity contribution in [3.63, 3.8) is 0 Å². The van der Waals surface area contributed by atoms with E-state index >= 15 is 0 Å². The first-order chi connectivity index (χ1) is 17.2. The number of carbonyl (C=O) groups is 2. The Morgan fingerprint density at radius 3 is 2.50 bits per heavy atom. The van der Waals surface area contributed by atoms with Crippen LogP contribution < -0.4 is 20.7 Å². The summed E-state index contributed by atoms with van der Waals surface area (Å²) in [7, 11) is 0. The van der Waals surface area contributed by atoms with Crippen molar-refractivity contribution in [2.24, 2.45) is 17.8 Å². The Kier molecular flexibility index (Phi) is 7.48. The maximum absolute atomic E-state index is 13.6. The van der Waals surface area contributed by atoms with Crippen LogP contribution in [0.25, 0.3) is 0 Å². The van der Waals surface area contributed by atoms with Gasteiger partial charge in [0.15, 0.2) is 6.61 Å². The van der Waals surface area contributed by atoms with E-state index in [0.717, 1.165) is 25.7 Å². The van der Waals surface area contributed by atoms with E-state index in [4.69, 9.17) is 21.1 Å². The lowest BCUT2D eigenvalue weighted by molar-refractivity contribution is -0.132. The highest BCUT2D eigenvalue weighted by Crippen LogP contribution is 2.47. The third-order valence-corrected chi connectivity index (χ3v) is 9.25. The van der Waals surface area contributed by atoms with Gasteiger partial charge < -0.3 is 20.1 Å². The minimum Gasteiger partial charge on any atom is -0.484 e. The van der Waals surface area contributed by atoms with Crippen LogP contribution in [0.1, 0.15) is 65.2 Å². The number of hydrogen-bond donors (Lipinski definition) is 3. The third-order valence-electron chi connectivity index (χ3n) is 8.94. The van der Waals surface area contributed by atoms with Crippen LogP contribution in [-0.2, 0) is 14.3 Å². The van der Waals surface area contributed by atoms with Crippen molar-refractivity contribution < 1.29 is 23.5 Å². The molecule has 1 heterocycles. The Balaban J connectivity index is 1.16.